The summed E-state index contributed by atoms with van der Waals surface area (Å²) in [5.41, 5.74) is 0. The van der Waals surface area contributed by atoms with Crippen LogP contribution in [0.25, 0.3) is 0 Å². The fraction of sp³-hybridized carbons (Fsp3) is 0.700. The van der Waals surface area contributed by atoms with Crippen LogP contribution in [0.5, 0.6) is 0 Å². The van der Waals surface area contributed by atoms with Gasteiger partial charge >= 0.3 is 5.97 Å². The number of amides is 1. The highest BCUT2D eigenvalue weighted by Gasteiger charge is 2.49. The number of rotatable bonds is 2. The Kier molecular flexibility index (Phi) is 2.46. The van der Waals surface area contributed by atoms with Gasteiger partial charge in [-0.05, 0) is 13.3 Å². The molecule has 0 unspecified atom stereocenters. The molecular formula is C10H13NO4. The predicted octanol–water partition coefficient (Wildman–Crippen LogP) is -0.261. The molecule has 2 fully saturated rings. The van der Waals surface area contributed by atoms with E-state index in [0.29, 0.717) is 12.8 Å². The molecule has 0 aromatic heterocycles. The minimum Gasteiger partial charge on any atom is -0.465 e. The van der Waals surface area contributed by atoms with Crippen molar-refractivity contribution in [1.82, 2.24) is 4.90 Å². The zero-order valence-corrected chi connectivity index (χ0v) is 8.56. The highest BCUT2D eigenvalue weighted by molar-refractivity contribution is 6.07. The van der Waals surface area contributed by atoms with Crippen molar-refractivity contribution in [2.45, 2.75) is 25.8 Å². The lowest BCUT2D eigenvalue weighted by molar-refractivity contribution is -0.150. The standard InChI is InChI=1S/C10H13NO4/c1-2-15-10(14)6-5-11-7(9(6)13)3-4-8(11)12/h6-7H,2-5H2,1H3/t6-,7-/m0/s1. The van der Waals surface area contributed by atoms with Crippen molar-refractivity contribution in [1.29, 1.82) is 0 Å². The molecular weight excluding hydrogens is 198 g/mol. The lowest BCUT2D eigenvalue weighted by Crippen LogP contribution is -2.29. The van der Waals surface area contributed by atoms with Gasteiger partial charge in [-0.1, -0.05) is 0 Å². The molecule has 0 bridgehead atoms. The van der Waals surface area contributed by atoms with E-state index < -0.39 is 11.9 Å². The Balaban J connectivity index is 2.10. The number of hydrogen-bond donors (Lipinski definition) is 0. The average molecular weight is 211 g/mol. The molecule has 2 aliphatic heterocycles. The molecule has 2 heterocycles. The SMILES string of the molecule is CCOC(=O)[C@H]1CN2C(=O)CC[C@H]2C1=O. The van der Waals surface area contributed by atoms with Gasteiger partial charge in [0.2, 0.25) is 5.91 Å². The summed E-state index contributed by atoms with van der Waals surface area (Å²) in [5.74, 6) is -1.43. The van der Waals surface area contributed by atoms with Gasteiger partial charge in [0.25, 0.3) is 0 Å². The van der Waals surface area contributed by atoms with Crippen LogP contribution in [0.4, 0.5) is 0 Å². The van der Waals surface area contributed by atoms with Crippen molar-refractivity contribution in [3.8, 4) is 0 Å². The summed E-state index contributed by atoms with van der Waals surface area (Å²) in [6.07, 6.45) is 0.972. The lowest BCUT2D eigenvalue weighted by atomic mass is 10.0. The highest BCUT2D eigenvalue weighted by atomic mass is 16.5. The molecule has 82 valence electrons. The van der Waals surface area contributed by atoms with E-state index in [0.717, 1.165) is 0 Å². The number of ketones is 1. The summed E-state index contributed by atoms with van der Waals surface area (Å²) in [7, 11) is 0. The first-order valence-corrected chi connectivity index (χ1v) is 5.15. The summed E-state index contributed by atoms with van der Waals surface area (Å²) < 4.78 is 4.80. The Morgan fingerprint density at radius 3 is 2.87 bits per heavy atom. The van der Waals surface area contributed by atoms with Gasteiger partial charge in [-0.25, -0.2) is 0 Å². The summed E-state index contributed by atoms with van der Waals surface area (Å²) in [5, 5.41) is 0. The number of carbonyl (C=O) groups excluding carboxylic acids is 3. The molecule has 2 saturated heterocycles. The first-order valence-electron chi connectivity index (χ1n) is 5.15. The van der Waals surface area contributed by atoms with Crippen molar-refractivity contribution >= 4 is 17.7 Å². The van der Waals surface area contributed by atoms with Gasteiger partial charge in [-0.15, -0.1) is 0 Å². The number of Topliss-reactive ketones (excluding diaryl/α,β-unsaturated/α-hetero) is 1. The maximum atomic E-state index is 11.8. The third-order valence-electron chi connectivity index (χ3n) is 2.95. The van der Waals surface area contributed by atoms with Crippen LogP contribution < -0.4 is 0 Å². The average Bonchev–Trinajstić information content (AvgIpc) is 2.70. The minimum absolute atomic E-state index is 0.0276. The topological polar surface area (TPSA) is 63.7 Å². The fourth-order valence-corrected chi connectivity index (χ4v) is 2.21. The fourth-order valence-electron chi connectivity index (χ4n) is 2.21. The first-order chi connectivity index (χ1) is 7.15. The number of hydrogen-bond acceptors (Lipinski definition) is 4. The predicted molar refractivity (Wildman–Crippen MR) is 49.9 cm³/mol. The molecule has 0 aliphatic carbocycles. The molecule has 2 rings (SSSR count). The van der Waals surface area contributed by atoms with Gasteiger partial charge in [-0.3, -0.25) is 14.4 Å². The number of fused-ring (bicyclic) bond motifs is 1. The normalized spacial score (nSPS) is 29.5. The molecule has 0 aromatic carbocycles. The van der Waals surface area contributed by atoms with Crippen LogP contribution in [0.2, 0.25) is 0 Å². The van der Waals surface area contributed by atoms with E-state index in [9.17, 15) is 14.4 Å². The van der Waals surface area contributed by atoms with Crippen molar-refractivity contribution in [2.75, 3.05) is 13.2 Å². The second-order valence-corrected chi connectivity index (χ2v) is 3.81. The number of carbonyl (C=O) groups is 3. The van der Waals surface area contributed by atoms with Crippen molar-refractivity contribution in [3.63, 3.8) is 0 Å². The summed E-state index contributed by atoms with van der Waals surface area (Å²) in [6.45, 7) is 2.17. The monoisotopic (exact) mass is 211 g/mol. The molecule has 0 radical (unpaired) electrons. The van der Waals surface area contributed by atoms with Crippen LogP contribution in [0, 0.1) is 5.92 Å². The number of ether oxygens (including phenoxy) is 1. The van der Waals surface area contributed by atoms with Gasteiger partial charge in [0.1, 0.15) is 5.92 Å². The van der Waals surface area contributed by atoms with Crippen molar-refractivity contribution in [3.05, 3.63) is 0 Å². The summed E-state index contributed by atoms with van der Waals surface area (Å²) in [6, 6.07) is -0.369. The molecule has 0 aromatic rings. The van der Waals surface area contributed by atoms with Gasteiger partial charge in [0.15, 0.2) is 5.78 Å². The molecule has 5 heteroatoms. The van der Waals surface area contributed by atoms with Gasteiger partial charge in [0, 0.05) is 13.0 Å². The number of esters is 1. The second kappa shape index (κ2) is 3.64. The zero-order valence-electron chi connectivity index (χ0n) is 8.56. The van der Waals surface area contributed by atoms with Crippen LogP contribution >= 0.6 is 0 Å². The maximum Gasteiger partial charge on any atom is 0.318 e. The van der Waals surface area contributed by atoms with Crippen LogP contribution in [-0.2, 0) is 19.1 Å². The van der Waals surface area contributed by atoms with Gasteiger partial charge in [0.05, 0.1) is 12.6 Å². The van der Waals surface area contributed by atoms with Crippen LogP contribution in [0.15, 0.2) is 0 Å². The van der Waals surface area contributed by atoms with E-state index >= 15 is 0 Å². The second-order valence-electron chi connectivity index (χ2n) is 3.81. The smallest absolute Gasteiger partial charge is 0.318 e. The first kappa shape index (κ1) is 10.1. The van der Waals surface area contributed by atoms with E-state index in [4.69, 9.17) is 4.74 Å². The van der Waals surface area contributed by atoms with E-state index in [1.165, 1.54) is 4.90 Å². The van der Waals surface area contributed by atoms with E-state index in [2.05, 4.69) is 0 Å². The Hall–Kier alpha value is -1.39. The maximum absolute atomic E-state index is 11.8. The van der Waals surface area contributed by atoms with Crippen LogP contribution in [0.3, 0.4) is 0 Å². The van der Waals surface area contributed by atoms with E-state index in [-0.39, 0.29) is 30.9 Å². The van der Waals surface area contributed by atoms with Crippen molar-refractivity contribution < 1.29 is 19.1 Å². The largest absolute Gasteiger partial charge is 0.465 e. The molecule has 2 aliphatic rings. The Labute approximate surface area is 87.4 Å². The Morgan fingerprint density at radius 1 is 1.53 bits per heavy atom. The molecule has 1 amide bonds. The molecule has 15 heavy (non-hydrogen) atoms. The third kappa shape index (κ3) is 1.52. The summed E-state index contributed by atoms with van der Waals surface area (Å²) >= 11 is 0. The molecule has 0 spiro atoms. The lowest BCUT2D eigenvalue weighted by Gasteiger charge is -2.12. The van der Waals surface area contributed by atoms with Gasteiger partial charge < -0.3 is 9.64 Å². The van der Waals surface area contributed by atoms with Crippen molar-refractivity contribution in [2.24, 2.45) is 5.92 Å². The Bertz CT molecular complexity index is 325. The summed E-state index contributed by atoms with van der Waals surface area (Å²) in [4.78, 5) is 36.0. The van der Waals surface area contributed by atoms with Crippen LogP contribution in [0.1, 0.15) is 19.8 Å². The Morgan fingerprint density at radius 2 is 2.27 bits per heavy atom. The quantitative estimate of drug-likeness (QED) is 0.466. The van der Waals surface area contributed by atoms with E-state index in [1.54, 1.807) is 6.92 Å². The van der Waals surface area contributed by atoms with Gasteiger partial charge in [-0.2, -0.15) is 0 Å². The molecule has 5 nitrogen and oxygen atoms in total. The minimum atomic E-state index is -0.751. The zero-order chi connectivity index (χ0) is 11.0. The highest BCUT2D eigenvalue weighted by Crippen LogP contribution is 2.30. The number of nitrogens with zero attached hydrogens (tertiary/aromatic N) is 1. The van der Waals surface area contributed by atoms with E-state index in [1.807, 2.05) is 0 Å². The molecule has 2 atom stereocenters. The third-order valence-corrected chi connectivity index (χ3v) is 2.95. The molecule has 0 N–H and O–H groups in total. The molecule has 0 saturated carbocycles. The van der Waals surface area contributed by atoms with Crippen LogP contribution in [-0.4, -0.2) is 41.8 Å².